The van der Waals surface area contributed by atoms with E-state index in [1.807, 2.05) is 0 Å². The molecule has 76 valence electrons. The van der Waals surface area contributed by atoms with Crippen molar-refractivity contribution < 1.29 is 4.74 Å². The Bertz CT molecular complexity index is 297. The summed E-state index contributed by atoms with van der Waals surface area (Å²) in [5.74, 6) is 1.56. The van der Waals surface area contributed by atoms with Crippen LogP contribution in [0.25, 0.3) is 0 Å². The zero-order chi connectivity index (χ0) is 9.80. The Morgan fingerprint density at radius 2 is 2.21 bits per heavy atom. The molecule has 14 heavy (non-hydrogen) atoms. The van der Waals surface area contributed by atoms with Gasteiger partial charge in [-0.05, 0) is 18.8 Å². The van der Waals surface area contributed by atoms with Gasteiger partial charge >= 0.3 is 0 Å². The van der Waals surface area contributed by atoms with E-state index >= 15 is 0 Å². The Morgan fingerprint density at radius 3 is 2.93 bits per heavy atom. The fraction of sp³-hybridized carbons (Fsp3) is 0.600. The van der Waals surface area contributed by atoms with Crippen LogP contribution in [-0.2, 0) is 0 Å². The van der Waals surface area contributed by atoms with Crippen LogP contribution in [0, 0.1) is 5.92 Å². The molecule has 1 aromatic heterocycles. The predicted octanol–water partition coefficient (Wildman–Crippen LogP) is 1.63. The lowest BCUT2D eigenvalue weighted by Gasteiger charge is -2.09. The molecule has 1 aromatic rings. The van der Waals surface area contributed by atoms with Gasteiger partial charge < -0.3 is 10.5 Å². The van der Waals surface area contributed by atoms with Gasteiger partial charge in [-0.15, -0.1) is 0 Å². The molecule has 0 unspecified atom stereocenters. The Morgan fingerprint density at radius 1 is 1.43 bits per heavy atom. The molecule has 1 saturated carbocycles. The van der Waals surface area contributed by atoms with Crippen molar-refractivity contribution >= 4 is 5.95 Å². The van der Waals surface area contributed by atoms with Gasteiger partial charge in [-0.3, -0.25) is 0 Å². The average Bonchev–Trinajstić information content (AvgIpc) is 2.67. The quantitative estimate of drug-likeness (QED) is 0.792. The SMILES string of the molecule is Nc1nccc(OCC2CCCC2)n1. The van der Waals surface area contributed by atoms with Crippen molar-refractivity contribution in [1.82, 2.24) is 9.97 Å². The summed E-state index contributed by atoms with van der Waals surface area (Å²) in [6, 6.07) is 1.74. The number of anilines is 1. The van der Waals surface area contributed by atoms with Gasteiger partial charge in [-0.25, -0.2) is 4.98 Å². The number of aromatic nitrogens is 2. The van der Waals surface area contributed by atoms with E-state index in [0.29, 0.717) is 11.8 Å². The first-order valence-corrected chi connectivity index (χ1v) is 5.06. The number of rotatable bonds is 3. The molecule has 0 aromatic carbocycles. The highest BCUT2D eigenvalue weighted by Gasteiger charge is 2.15. The van der Waals surface area contributed by atoms with Crippen LogP contribution in [0.3, 0.4) is 0 Å². The Kier molecular flexibility index (Phi) is 2.81. The lowest BCUT2D eigenvalue weighted by molar-refractivity contribution is 0.243. The van der Waals surface area contributed by atoms with Gasteiger partial charge in [0.05, 0.1) is 6.61 Å². The maximum Gasteiger partial charge on any atom is 0.223 e. The van der Waals surface area contributed by atoms with E-state index in [0.717, 1.165) is 6.61 Å². The molecular formula is C10H15N3O. The topological polar surface area (TPSA) is 61.0 Å². The summed E-state index contributed by atoms with van der Waals surface area (Å²) in [4.78, 5) is 7.78. The number of nitrogens with zero attached hydrogens (tertiary/aromatic N) is 2. The molecule has 1 fully saturated rings. The number of ether oxygens (including phenoxy) is 1. The predicted molar refractivity (Wildman–Crippen MR) is 53.9 cm³/mol. The van der Waals surface area contributed by atoms with E-state index in [-0.39, 0.29) is 5.95 Å². The molecule has 1 aliphatic carbocycles. The molecule has 4 heteroatoms. The zero-order valence-corrected chi connectivity index (χ0v) is 8.15. The summed E-state index contributed by atoms with van der Waals surface area (Å²) in [5.41, 5.74) is 5.44. The number of nitrogens with two attached hydrogens (primary N) is 1. The largest absolute Gasteiger partial charge is 0.477 e. The lowest BCUT2D eigenvalue weighted by atomic mass is 10.1. The van der Waals surface area contributed by atoms with Crippen molar-refractivity contribution in [2.75, 3.05) is 12.3 Å². The molecule has 0 amide bonds. The van der Waals surface area contributed by atoms with Crippen LogP contribution < -0.4 is 10.5 Å². The molecule has 0 saturated heterocycles. The minimum Gasteiger partial charge on any atom is -0.477 e. The highest BCUT2D eigenvalue weighted by molar-refractivity contribution is 5.20. The third kappa shape index (κ3) is 2.34. The van der Waals surface area contributed by atoms with Gasteiger partial charge in [0.1, 0.15) is 0 Å². The van der Waals surface area contributed by atoms with E-state index in [1.165, 1.54) is 25.7 Å². The highest BCUT2D eigenvalue weighted by atomic mass is 16.5. The molecule has 2 rings (SSSR count). The standard InChI is InChI=1S/C10H15N3O/c11-10-12-6-5-9(13-10)14-7-8-3-1-2-4-8/h5-6,8H,1-4,7H2,(H2,11,12,13). The van der Waals surface area contributed by atoms with Crippen LogP contribution >= 0.6 is 0 Å². The maximum absolute atomic E-state index is 5.54. The van der Waals surface area contributed by atoms with Gasteiger partial charge in [-0.2, -0.15) is 4.98 Å². The van der Waals surface area contributed by atoms with Crippen LogP contribution in [0.2, 0.25) is 0 Å². The molecule has 0 atom stereocenters. The number of hydrogen-bond acceptors (Lipinski definition) is 4. The van der Waals surface area contributed by atoms with Crippen molar-refractivity contribution in [3.63, 3.8) is 0 Å². The fourth-order valence-corrected chi connectivity index (χ4v) is 1.82. The van der Waals surface area contributed by atoms with Gasteiger partial charge in [-0.1, -0.05) is 12.8 Å². The summed E-state index contributed by atoms with van der Waals surface area (Å²) < 4.78 is 5.54. The second kappa shape index (κ2) is 4.26. The summed E-state index contributed by atoms with van der Waals surface area (Å²) in [5, 5.41) is 0. The van der Waals surface area contributed by atoms with Crippen LogP contribution in [0.4, 0.5) is 5.95 Å². The van der Waals surface area contributed by atoms with Crippen molar-refractivity contribution in [3.8, 4) is 5.88 Å². The second-order valence-corrected chi connectivity index (χ2v) is 3.71. The van der Waals surface area contributed by atoms with Crippen LogP contribution in [0.5, 0.6) is 5.88 Å². The third-order valence-electron chi connectivity index (χ3n) is 2.59. The van der Waals surface area contributed by atoms with Gasteiger partial charge in [0.25, 0.3) is 0 Å². The van der Waals surface area contributed by atoms with Crippen molar-refractivity contribution in [2.24, 2.45) is 5.92 Å². The van der Waals surface area contributed by atoms with Gasteiger partial charge in [0, 0.05) is 12.3 Å². The Balaban J connectivity index is 1.85. The number of nitrogen functional groups attached to an aromatic ring is 1. The lowest BCUT2D eigenvalue weighted by Crippen LogP contribution is -2.09. The molecule has 0 bridgehead atoms. The van der Waals surface area contributed by atoms with E-state index in [2.05, 4.69) is 9.97 Å². The van der Waals surface area contributed by atoms with Crippen molar-refractivity contribution in [2.45, 2.75) is 25.7 Å². The summed E-state index contributed by atoms with van der Waals surface area (Å²) in [7, 11) is 0. The third-order valence-corrected chi connectivity index (χ3v) is 2.59. The molecule has 1 aliphatic rings. The minimum atomic E-state index is 0.272. The molecule has 0 aliphatic heterocycles. The monoisotopic (exact) mass is 193 g/mol. The van der Waals surface area contributed by atoms with Crippen LogP contribution in [0.1, 0.15) is 25.7 Å². The van der Waals surface area contributed by atoms with Gasteiger partial charge in [0.15, 0.2) is 0 Å². The zero-order valence-electron chi connectivity index (χ0n) is 8.15. The fourth-order valence-electron chi connectivity index (χ4n) is 1.82. The molecular weight excluding hydrogens is 178 g/mol. The molecule has 0 spiro atoms. The summed E-state index contributed by atoms with van der Waals surface area (Å²) in [6.45, 7) is 0.760. The molecule has 4 nitrogen and oxygen atoms in total. The van der Waals surface area contributed by atoms with E-state index in [1.54, 1.807) is 12.3 Å². The maximum atomic E-state index is 5.54. The number of hydrogen-bond donors (Lipinski definition) is 1. The van der Waals surface area contributed by atoms with E-state index < -0.39 is 0 Å². The average molecular weight is 193 g/mol. The van der Waals surface area contributed by atoms with Crippen LogP contribution in [-0.4, -0.2) is 16.6 Å². The minimum absolute atomic E-state index is 0.272. The van der Waals surface area contributed by atoms with Crippen molar-refractivity contribution in [1.29, 1.82) is 0 Å². The molecule has 0 radical (unpaired) electrons. The molecule has 1 heterocycles. The highest BCUT2D eigenvalue weighted by Crippen LogP contribution is 2.25. The first kappa shape index (κ1) is 9.24. The van der Waals surface area contributed by atoms with Crippen molar-refractivity contribution in [3.05, 3.63) is 12.3 Å². The Hall–Kier alpha value is -1.32. The molecule has 2 N–H and O–H groups in total. The van der Waals surface area contributed by atoms with Gasteiger partial charge in [0.2, 0.25) is 11.8 Å². The first-order valence-electron chi connectivity index (χ1n) is 5.06. The Labute approximate surface area is 83.5 Å². The van der Waals surface area contributed by atoms with E-state index in [9.17, 15) is 0 Å². The summed E-state index contributed by atoms with van der Waals surface area (Å²) in [6.07, 6.45) is 6.84. The summed E-state index contributed by atoms with van der Waals surface area (Å²) >= 11 is 0. The van der Waals surface area contributed by atoms with Crippen LogP contribution in [0.15, 0.2) is 12.3 Å². The first-order chi connectivity index (χ1) is 6.84. The normalized spacial score (nSPS) is 17.1. The van der Waals surface area contributed by atoms with E-state index in [4.69, 9.17) is 10.5 Å². The second-order valence-electron chi connectivity index (χ2n) is 3.71. The smallest absolute Gasteiger partial charge is 0.223 e.